The molecule has 19 heteroatoms. The number of thiazole rings is 2. The number of aryl methyl sites for hydroxylation is 2. The Hall–Kier alpha value is -5.80. The summed E-state index contributed by atoms with van der Waals surface area (Å²) in [4.78, 5) is 43.9. The first kappa shape index (κ1) is 45.8. The lowest BCUT2D eigenvalue weighted by molar-refractivity contribution is 0.0487. The highest BCUT2D eigenvalue weighted by molar-refractivity contribution is 7.17. The van der Waals surface area contributed by atoms with Gasteiger partial charge in [-0.2, -0.15) is 9.97 Å². The van der Waals surface area contributed by atoms with Gasteiger partial charge in [0.25, 0.3) is 5.91 Å². The van der Waals surface area contributed by atoms with Crippen molar-refractivity contribution in [2.45, 2.75) is 50.4 Å². The number of hydrogen-bond acceptors (Lipinski definition) is 17. The third-order valence-corrected chi connectivity index (χ3v) is 15.4. The smallest absolute Gasteiger partial charge is 0.345 e. The number of carboxylic acids is 1. The molecule has 2 fully saturated rings. The van der Waals surface area contributed by atoms with E-state index in [1.54, 1.807) is 48.7 Å². The summed E-state index contributed by atoms with van der Waals surface area (Å²) in [6.45, 7) is 7.50. The molecule has 2 saturated heterocycles. The van der Waals surface area contributed by atoms with Crippen molar-refractivity contribution in [3.63, 3.8) is 0 Å². The van der Waals surface area contributed by atoms with Crippen molar-refractivity contribution in [2.24, 2.45) is 5.73 Å². The summed E-state index contributed by atoms with van der Waals surface area (Å²) in [6.07, 6.45) is 3.61. The predicted octanol–water partition coefficient (Wildman–Crippen LogP) is 9.33. The second-order valence-electron chi connectivity index (χ2n) is 15.4. The molecule has 1 amide bonds. The summed E-state index contributed by atoms with van der Waals surface area (Å²) < 4.78 is 20.9. The number of amides is 1. The third-order valence-electron chi connectivity index (χ3n) is 11.1. The number of hydrogen-bond donors (Lipinski definition) is 3. The molecule has 0 bridgehead atoms. The molecule has 336 valence electrons. The predicted molar refractivity (Wildman–Crippen MR) is 252 cm³/mol. The fourth-order valence-electron chi connectivity index (χ4n) is 7.30. The number of aromatic carboxylic acids is 1. The molecule has 15 nitrogen and oxygen atoms in total. The Morgan fingerprint density at radius 3 is 1.55 bits per heavy atom. The van der Waals surface area contributed by atoms with Gasteiger partial charge >= 0.3 is 5.97 Å². The number of aromatic nitrogens is 6. The summed E-state index contributed by atoms with van der Waals surface area (Å²) in [7, 11) is 0. The molecule has 0 unspecified atom stereocenters. The minimum absolute atomic E-state index is 0.0238. The average molecular weight is 951 g/mol. The van der Waals surface area contributed by atoms with Crippen LogP contribution in [-0.4, -0.2) is 86.7 Å². The molecule has 0 aliphatic carbocycles. The Bertz CT molecular complexity index is 2780. The number of carbonyl (C=O) groups excluding carboxylic acids is 1. The van der Waals surface area contributed by atoms with Gasteiger partial charge in [0.2, 0.25) is 23.4 Å². The molecule has 6 aromatic heterocycles. The normalized spacial score (nSPS) is 15.2. The fourth-order valence-corrected chi connectivity index (χ4v) is 11.1. The Morgan fingerprint density at radius 1 is 0.646 bits per heavy atom. The Balaban J connectivity index is 0.000000147. The van der Waals surface area contributed by atoms with Crippen molar-refractivity contribution in [3.8, 4) is 43.9 Å². The molecular weight excluding hydrogens is 905 g/mol. The van der Waals surface area contributed by atoms with E-state index < -0.39 is 5.97 Å². The summed E-state index contributed by atoms with van der Waals surface area (Å²) in [5.41, 5.74) is 10.1. The Morgan fingerprint density at radius 2 is 1.11 bits per heavy atom. The van der Waals surface area contributed by atoms with Crippen LogP contribution in [0.4, 0.5) is 0 Å². The van der Waals surface area contributed by atoms with Gasteiger partial charge in [-0.25, -0.2) is 14.8 Å². The maximum absolute atomic E-state index is 12.9. The monoisotopic (exact) mass is 950 g/mol. The molecule has 0 atom stereocenters. The minimum atomic E-state index is -0.943. The van der Waals surface area contributed by atoms with E-state index >= 15 is 0 Å². The van der Waals surface area contributed by atoms with E-state index in [4.69, 9.17) is 39.3 Å². The van der Waals surface area contributed by atoms with E-state index in [9.17, 15) is 9.59 Å². The van der Waals surface area contributed by atoms with Crippen LogP contribution in [0.3, 0.4) is 0 Å². The largest absolute Gasteiger partial charge is 0.477 e. The number of thiophene rings is 2. The number of nitrogens with zero attached hydrogens (tertiary/aromatic N) is 6. The third kappa shape index (κ3) is 11.0. The van der Waals surface area contributed by atoms with E-state index in [1.165, 1.54) is 23.0 Å². The van der Waals surface area contributed by atoms with Crippen molar-refractivity contribution >= 4 is 57.2 Å². The topological polar surface area (TPSA) is 214 Å². The molecule has 0 saturated carbocycles. The first-order valence-electron chi connectivity index (χ1n) is 20.8. The molecular formula is C46H46N8O7S4. The lowest BCUT2D eigenvalue weighted by Crippen LogP contribution is -2.44. The second kappa shape index (κ2) is 21.0. The van der Waals surface area contributed by atoms with Gasteiger partial charge in [0.05, 0.1) is 26.0 Å². The molecule has 2 aromatic carbocycles. The molecule has 0 spiro atoms. The van der Waals surface area contributed by atoms with E-state index in [0.29, 0.717) is 59.5 Å². The van der Waals surface area contributed by atoms with Gasteiger partial charge in [-0.15, -0.1) is 45.3 Å². The maximum atomic E-state index is 12.9. The maximum Gasteiger partial charge on any atom is 0.345 e. The van der Waals surface area contributed by atoms with Crippen LogP contribution in [0.25, 0.3) is 43.9 Å². The van der Waals surface area contributed by atoms with Crippen LogP contribution in [0.1, 0.15) is 66.8 Å². The summed E-state index contributed by atoms with van der Waals surface area (Å²) in [6, 6.07) is 27.3. The van der Waals surface area contributed by atoms with Crippen LogP contribution in [0, 0.1) is 13.8 Å². The van der Waals surface area contributed by atoms with Gasteiger partial charge in [-0.3, -0.25) is 4.79 Å². The van der Waals surface area contributed by atoms with Crippen LogP contribution in [0.2, 0.25) is 0 Å². The highest BCUT2D eigenvalue weighted by Gasteiger charge is 2.38. The lowest BCUT2D eigenvalue weighted by Gasteiger charge is -2.35. The highest BCUT2D eigenvalue weighted by Crippen LogP contribution is 2.39. The quantitative estimate of drug-likeness (QED) is 0.110. The average Bonchev–Trinajstić information content (AvgIpc) is 4.21. The lowest BCUT2D eigenvalue weighted by atomic mass is 9.80. The zero-order valence-corrected chi connectivity index (χ0v) is 38.9. The SMILES string of the molecule is Cc1nc(-c2ccc(C(=O)NCC3(c4nc(-c5ccccc5)cs4)CCOCC3)s2)no1.Cc1nc(-c2ccc(C(=O)O)s2)no1.NCC1(c2nc(-c3ccccc3)cs2)CCOCC1. The summed E-state index contributed by atoms with van der Waals surface area (Å²) >= 11 is 5.86. The summed E-state index contributed by atoms with van der Waals surface area (Å²) in [5, 5.41) is 25.9. The molecule has 8 heterocycles. The van der Waals surface area contributed by atoms with Gasteiger partial charge in [0.1, 0.15) is 14.9 Å². The van der Waals surface area contributed by atoms with Crippen LogP contribution in [-0.2, 0) is 20.3 Å². The van der Waals surface area contributed by atoms with Crippen LogP contribution in [0.5, 0.6) is 0 Å². The second-order valence-corrected chi connectivity index (χ2v) is 19.3. The fraction of sp³-hybridized carbons (Fsp3) is 0.304. The number of ether oxygens (including phenoxy) is 2. The van der Waals surface area contributed by atoms with E-state index in [0.717, 1.165) is 82.1 Å². The van der Waals surface area contributed by atoms with Gasteiger partial charge in [-0.05, 0) is 49.9 Å². The standard InChI is InChI=1S/C23H22N4O3S2.C15H18N2OS.C8H6N2O3S/c1-15-25-20(27-30-15)18-7-8-19(32-18)21(28)24-14-23(9-11-29-12-10-23)22-26-17(13-31-22)16-5-3-2-4-6-16;16-11-15(6-8-18-9-7-15)14-17-13(10-19-14)12-4-2-1-3-5-12;1-4-9-7(10-13-4)5-2-3-6(14-5)8(11)12/h2-8,13H,9-12,14H2,1H3,(H,24,28);1-5,10H,6-9,11,16H2;2-3H,1H3,(H,11,12). The Labute approximate surface area is 390 Å². The number of carboxylic acid groups (broad SMARTS) is 1. The van der Waals surface area contributed by atoms with Crippen molar-refractivity contribution in [1.29, 1.82) is 0 Å². The number of carbonyl (C=O) groups is 2. The van der Waals surface area contributed by atoms with E-state index in [1.807, 2.05) is 42.5 Å². The van der Waals surface area contributed by atoms with E-state index in [2.05, 4.69) is 60.6 Å². The van der Waals surface area contributed by atoms with Crippen molar-refractivity contribution in [1.82, 2.24) is 35.6 Å². The number of benzene rings is 2. The molecule has 8 aromatic rings. The first-order valence-corrected chi connectivity index (χ1v) is 24.2. The van der Waals surface area contributed by atoms with Gasteiger partial charge in [0.15, 0.2) is 0 Å². The number of nitrogens with one attached hydrogen (secondary N) is 1. The molecule has 4 N–H and O–H groups in total. The van der Waals surface area contributed by atoms with Gasteiger partial charge < -0.3 is 34.7 Å². The molecule has 2 aliphatic rings. The molecule has 2 aliphatic heterocycles. The minimum Gasteiger partial charge on any atom is -0.477 e. The summed E-state index contributed by atoms with van der Waals surface area (Å²) in [5.74, 6) is 0.849. The van der Waals surface area contributed by atoms with Gasteiger partial charge in [0, 0.05) is 86.1 Å². The van der Waals surface area contributed by atoms with Crippen molar-refractivity contribution in [2.75, 3.05) is 39.5 Å². The first-order chi connectivity index (χ1) is 31.6. The van der Waals surface area contributed by atoms with Crippen molar-refractivity contribution < 1.29 is 33.2 Å². The molecule has 0 radical (unpaired) electrons. The number of nitrogens with two attached hydrogens (primary N) is 1. The zero-order valence-electron chi connectivity index (χ0n) is 35.6. The Kier molecular flexibility index (Phi) is 14.8. The highest BCUT2D eigenvalue weighted by atomic mass is 32.1. The van der Waals surface area contributed by atoms with Crippen LogP contribution in [0.15, 0.2) is 105 Å². The van der Waals surface area contributed by atoms with Crippen LogP contribution >= 0.6 is 45.3 Å². The molecule has 10 rings (SSSR count). The van der Waals surface area contributed by atoms with Crippen LogP contribution < -0.4 is 11.1 Å². The number of rotatable bonds is 11. The van der Waals surface area contributed by atoms with Gasteiger partial charge in [-0.1, -0.05) is 71.0 Å². The zero-order chi connectivity index (χ0) is 45.2. The molecule has 65 heavy (non-hydrogen) atoms. The van der Waals surface area contributed by atoms with E-state index in [-0.39, 0.29) is 21.6 Å². The van der Waals surface area contributed by atoms with Crippen molar-refractivity contribution in [3.05, 3.63) is 127 Å².